The van der Waals surface area contributed by atoms with Crippen LogP contribution < -0.4 is 5.32 Å². The zero-order chi connectivity index (χ0) is 16.1. The average molecular weight is 308 g/mol. The molecule has 6 heteroatoms. The normalized spacial score (nSPS) is 24.7. The molecule has 0 spiro atoms. The lowest BCUT2D eigenvalue weighted by atomic mass is 9.86. The van der Waals surface area contributed by atoms with Crippen molar-refractivity contribution in [1.29, 1.82) is 0 Å². The van der Waals surface area contributed by atoms with E-state index in [-0.39, 0.29) is 12.3 Å². The lowest BCUT2D eigenvalue weighted by molar-refractivity contribution is -0.384. The van der Waals surface area contributed by atoms with Crippen molar-refractivity contribution in [3.05, 3.63) is 39.9 Å². The smallest absolute Gasteiger partial charge is 0.269 e. The first-order valence-corrected chi connectivity index (χ1v) is 7.80. The van der Waals surface area contributed by atoms with Gasteiger partial charge in [-0.05, 0) is 36.5 Å². The molecular weight excluding hydrogens is 284 g/mol. The Hall–Kier alpha value is -1.50. The van der Waals surface area contributed by atoms with E-state index in [1.807, 2.05) is 0 Å². The second kappa shape index (κ2) is 7.67. The molecule has 1 aliphatic carbocycles. The van der Waals surface area contributed by atoms with E-state index in [0.29, 0.717) is 17.5 Å². The van der Waals surface area contributed by atoms with Gasteiger partial charge in [0, 0.05) is 18.2 Å². The van der Waals surface area contributed by atoms with E-state index in [4.69, 9.17) is 0 Å². The summed E-state index contributed by atoms with van der Waals surface area (Å²) in [6, 6.07) is 5.66. The molecule has 1 aromatic rings. The Kier molecular flexibility index (Phi) is 5.88. The Labute approximate surface area is 130 Å². The van der Waals surface area contributed by atoms with Gasteiger partial charge in [-0.25, -0.2) is 0 Å². The fourth-order valence-corrected chi connectivity index (χ4v) is 3.16. The van der Waals surface area contributed by atoms with Gasteiger partial charge >= 0.3 is 0 Å². The molecule has 3 N–H and O–H groups in total. The molecule has 2 rings (SSSR count). The molecule has 0 radical (unpaired) electrons. The largest absolute Gasteiger partial charge is 0.395 e. The number of hydrogen-bond donors (Lipinski definition) is 3. The Balaban J connectivity index is 2.01. The topological polar surface area (TPSA) is 95.6 Å². The lowest BCUT2D eigenvalue weighted by Gasteiger charge is -2.32. The SMILES string of the molecule is CC1CCCC(NC(CO)C(O)c2ccc([N+](=O)[O-])cc2)C1. The minimum absolute atomic E-state index is 0.00874. The van der Waals surface area contributed by atoms with E-state index in [0.717, 1.165) is 19.3 Å². The molecule has 1 fully saturated rings. The molecule has 0 heterocycles. The van der Waals surface area contributed by atoms with Crippen LogP contribution in [-0.4, -0.2) is 33.8 Å². The van der Waals surface area contributed by atoms with E-state index >= 15 is 0 Å². The number of hydrogen-bond acceptors (Lipinski definition) is 5. The number of rotatable bonds is 6. The van der Waals surface area contributed by atoms with Crippen LogP contribution in [0.25, 0.3) is 0 Å². The summed E-state index contributed by atoms with van der Waals surface area (Å²) in [7, 11) is 0. The summed E-state index contributed by atoms with van der Waals surface area (Å²) < 4.78 is 0. The second-order valence-corrected chi connectivity index (χ2v) is 6.22. The van der Waals surface area contributed by atoms with Crippen LogP contribution >= 0.6 is 0 Å². The number of nitro groups is 1. The van der Waals surface area contributed by atoms with Gasteiger partial charge in [0.2, 0.25) is 0 Å². The van der Waals surface area contributed by atoms with Gasteiger partial charge in [0.25, 0.3) is 5.69 Å². The predicted molar refractivity (Wildman–Crippen MR) is 83.5 cm³/mol. The summed E-state index contributed by atoms with van der Waals surface area (Å²) in [4.78, 5) is 10.2. The molecule has 1 saturated carbocycles. The van der Waals surface area contributed by atoms with Crippen LogP contribution in [0.3, 0.4) is 0 Å². The van der Waals surface area contributed by atoms with Crippen molar-refractivity contribution in [2.75, 3.05) is 6.61 Å². The molecule has 122 valence electrons. The average Bonchev–Trinajstić information content (AvgIpc) is 2.52. The van der Waals surface area contributed by atoms with E-state index in [1.54, 1.807) is 0 Å². The second-order valence-electron chi connectivity index (χ2n) is 6.22. The van der Waals surface area contributed by atoms with E-state index in [1.165, 1.54) is 30.7 Å². The fraction of sp³-hybridized carbons (Fsp3) is 0.625. The molecular formula is C16H24N2O4. The number of nitrogens with zero attached hydrogens (tertiary/aromatic N) is 1. The van der Waals surface area contributed by atoms with Gasteiger partial charge in [-0.3, -0.25) is 10.1 Å². The number of aliphatic hydroxyl groups is 2. The molecule has 1 aromatic carbocycles. The first-order chi connectivity index (χ1) is 10.5. The van der Waals surface area contributed by atoms with Gasteiger partial charge < -0.3 is 15.5 Å². The first kappa shape index (κ1) is 16.9. The summed E-state index contributed by atoms with van der Waals surface area (Å²) >= 11 is 0. The van der Waals surface area contributed by atoms with Crippen LogP contribution in [0.1, 0.15) is 44.3 Å². The van der Waals surface area contributed by atoms with Gasteiger partial charge in [-0.2, -0.15) is 0 Å². The Morgan fingerprint density at radius 1 is 1.36 bits per heavy atom. The number of nitro benzene ring substituents is 1. The molecule has 22 heavy (non-hydrogen) atoms. The summed E-state index contributed by atoms with van der Waals surface area (Å²) in [5.74, 6) is 0.655. The molecule has 0 amide bonds. The third kappa shape index (κ3) is 4.25. The Bertz CT molecular complexity index is 491. The van der Waals surface area contributed by atoms with E-state index < -0.39 is 17.1 Å². The number of benzene rings is 1. The zero-order valence-electron chi connectivity index (χ0n) is 12.8. The predicted octanol–water partition coefficient (Wildman–Crippen LogP) is 2.16. The molecule has 0 aliphatic heterocycles. The van der Waals surface area contributed by atoms with Gasteiger partial charge in [-0.15, -0.1) is 0 Å². The molecule has 4 unspecified atom stereocenters. The minimum atomic E-state index is -0.886. The molecule has 0 bridgehead atoms. The maximum atomic E-state index is 10.7. The van der Waals surface area contributed by atoms with Gasteiger partial charge in [-0.1, -0.05) is 19.8 Å². The van der Waals surface area contributed by atoms with Crippen molar-refractivity contribution >= 4 is 5.69 Å². The molecule has 0 aromatic heterocycles. The van der Waals surface area contributed by atoms with Gasteiger partial charge in [0.15, 0.2) is 0 Å². The van der Waals surface area contributed by atoms with Crippen molar-refractivity contribution in [3.8, 4) is 0 Å². The molecule has 1 aliphatic rings. The van der Waals surface area contributed by atoms with Crippen molar-refractivity contribution in [3.63, 3.8) is 0 Å². The van der Waals surface area contributed by atoms with Crippen LogP contribution in [0.2, 0.25) is 0 Å². The number of nitrogens with one attached hydrogen (secondary N) is 1. The van der Waals surface area contributed by atoms with Crippen LogP contribution in [0.4, 0.5) is 5.69 Å². The quantitative estimate of drug-likeness (QED) is 0.553. The lowest BCUT2D eigenvalue weighted by Crippen LogP contribution is -2.46. The Morgan fingerprint density at radius 3 is 2.59 bits per heavy atom. The number of aliphatic hydroxyl groups excluding tert-OH is 2. The van der Waals surface area contributed by atoms with Crippen molar-refractivity contribution in [2.45, 2.75) is 50.8 Å². The zero-order valence-corrected chi connectivity index (χ0v) is 12.8. The van der Waals surface area contributed by atoms with Crippen molar-refractivity contribution in [1.82, 2.24) is 5.32 Å². The summed E-state index contributed by atoms with van der Waals surface area (Å²) in [6.07, 6.45) is 3.59. The highest BCUT2D eigenvalue weighted by molar-refractivity contribution is 5.34. The monoisotopic (exact) mass is 308 g/mol. The molecule has 6 nitrogen and oxygen atoms in total. The summed E-state index contributed by atoms with van der Waals surface area (Å²) in [5.41, 5.74) is 0.562. The Morgan fingerprint density at radius 2 is 2.05 bits per heavy atom. The van der Waals surface area contributed by atoms with Crippen LogP contribution in [0.5, 0.6) is 0 Å². The maximum Gasteiger partial charge on any atom is 0.269 e. The van der Waals surface area contributed by atoms with E-state index in [9.17, 15) is 20.3 Å². The van der Waals surface area contributed by atoms with Crippen molar-refractivity contribution in [2.24, 2.45) is 5.92 Å². The van der Waals surface area contributed by atoms with Gasteiger partial charge in [0.1, 0.15) is 0 Å². The highest BCUT2D eigenvalue weighted by Crippen LogP contribution is 2.26. The third-order valence-corrected chi connectivity index (χ3v) is 4.41. The van der Waals surface area contributed by atoms with Crippen LogP contribution in [-0.2, 0) is 0 Å². The minimum Gasteiger partial charge on any atom is -0.395 e. The van der Waals surface area contributed by atoms with Crippen molar-refractivity contribution < 1.29 is 15.1 Å². The molecule has 4 atom stereocenters. The maximum absolute atomic E-state index is 10.7. The highest BCUT2D eigenvalue weighted by atomic mass is 16.6. The molecule has 0 saturated heterocycles. The summed E-state index contributed by atoms with van der Waals surface area (Å²) in [6.45, 7) is 2.04. The van der Waals surface area contributed by atoms with Crippen LogP contribution in [0, 0.1) is 16.0 Å². The van der Waals surface area contributed by atoms with Gasteiger partial charge in [0.05, 0.1) is 23.7 Å². The third-order valence-electron chi connectivity index (χ3n) is 4.41. The standard InChI is InChI=1S/C16H24N2O4/c1-11-3-2-4-13(9-11)17-15(10-19)16(20)12-5-7-14(8-6-12)18(21)22/h5-8,11,13,15-17,19-20H,2-4,9-10H2,1H3. The number of non-ortho nitro benzene ring substituents is 1. The highest BCUT2D eigenvalue weighted by Gasteiger charge is 2.26. The first-order valence-electron chi connectivity index (χ1n) is 7.80. The van der Waals surface area contributed by atoms with E-state index in [2.05, 4.69) is 12.2 Å². The summed E-state index contributed by atoms with van der Waals surface area (Å²) in [5, 5.41) is 34.0. The fourth-order valence-electron chi connectivity index (χ4n) is 3.16. The van der Waals surface area contributed by atoms with Crippen LogP contribution in [0.15, 0.2) is 24.3 Å².